The van der Waals surface area contributed by atoms with Crippen molar-refractivity contribution in [3.05, 3.63) is 29.9 Å². The van der Waals surface area contributed by atoms with Gasteiger partial charge < -0.3 is 18.4 Å². The van der Waals surface area contributed by atoms with Crippen molar-refractivity contribution in [3.63, 3.8) is 0 Å². The lowest BCUT2D eigenvalue weighted by molar-refractivity contribution is 0.355. The molecule has 8 nitrogen and oxygen atoms in total. The van der Waals surface area contributed by atoms with Crippen LogP contribution in [-0.2, 0) is 5.75 Å². The lowest BCUT2D eigenvalue weighted by Crippen LogP contribution is -1.90. The lowest BCUT2D eigenvalue weighted by Gasteiger charge is -2.07. The molecule has 1 saturated carbocycles. The maximum absolute atomic E-state index is 5.69. The first-order valence-corrected chi connectivity index (χ1v) is 8.76. The third-order valence-corrected chi connectivity index (χ3v) is 4.59. The van der Waals surface area contributed by atoms with E-state index in [2.05, 4.69) is 20.3 Å². The zero-order chi connectivity index (χ0) is 17.2. The van der Waals surface area contributed by atoms with Gasteiger partial charge in [0, 0.05) is 11.5 Å². The van der Waals surface area contributed by atoms with Gasteiger partial charge in [0.25, 0.3) is 5.22 Å². The second kappa shape index (κ2) is 6.75. The van der Waals surface area contributed by atoms with Gasteiger partial charge in [-0.15, -0.1) is 10.2 Å². The average molecular weight is 360 g/mol. The minimum atomic E-state index is 0.412. The van der Waals surface area contributed by atoms with Gasteiger partial charge in [-0.3, -0.25) is 0 Å². The Balaban J connectivity index is 1.44. The van der Waals surface area contributed by atoms with E-state index in [-0.39, 0.29) is 0 Å². The van der Waals surface area contributed by atoms with Crippen LogP contribution in [0.4, 0.5) is 0 Å². The molecule has 0 aliphatic heterocycles. The largest absolute Gasteiger partial charge is 0.493 e. The number of hydrogen-bond acceptors (Lipinski definition) is 9. The standard InChI is InChI=1S/C16H16N4O4S/c1-21-11-6-5-10(7-12(11)22-2)15-18-19-16(23-15)25-8-13-17-14(24-20-13)9-3-4-9/h5-7,9H,3-4,8H2,1-2H3. The van der Waals surface area contributed by atoms with Crippen molar-refractivity contribution in [2.75, 3.05) is 14.2 Å². The topological polar surface area (TPSA) is 96.3 Å². The van der Waals surface area contributed by atoms with Crippen LogP contribution in [0.1, 0.15) is 30.5 Å². The first-order chi connectivity index (χ1) is 12.3. The van der Waals surface area contributed by atoms with Crippen molar-refractivity contribution in [2.45, 2.75) is 29.7 Å². The Morgan fingerprint density at radius 1 is 1.16 bits per heavy atom. The zero-order valence-electron chi connectivity index (χ0n) is 13.8. The Morgan fingerprint density at radius 3 is 2.76 bits per heavy atom. The number of methoxy groups -OCH3 is 2. The van der Waals surface area contributed by atoms with E-state index in [1.807, 2.05) is 6.07 Å². The molecule has 1 fully saturated rings. The van der Waals surface area contributed by atoms with Gasteiger partial charge in [-0.2, -0.15) is 4.98 Å². The van der Waals surface area contributed by atoms with Crippen LogP contribution in [0.25, 0.3) is 11.5 Å². The predicted octanol–water partition coefficient (Wildman–Crippen LogP) is 3.31. The normalized spacial score (nSPS) is 13.8. The lowest BCUT2D eigenvalue weighted by atomic mass is 10.2. The minimum Gasteiger partial charge on any atom is -0.493 e. The van der Waals surface area contributed by atoms with Gasteiger partial charge in [-0.25, -0.2) is 0 Å². The van der Waals surface area contributed by atoms with Crippen molar-refractivity contribution in [1.82, 2.24) is 20.3 Å². The van der Waals surface area contributed by atoms with Crippen molar-refractivity contribution in [2.24, 2.45) is 0 Å². The molecule has 0 atom stereocenters. The van der Waals surface area contributed by atoms with E-state index in [0.717, 1.165) is 24.3 Å². The van der Waals surface area contributed by atoms with E-state index in [9.17, 15) is 0 Å². The van der Waals surface area contributed by atoms with Gasteiger partial charge in [0.2, 0.25) is 11.8 Å². The molecule has 1 aliphatic rings. The molecule has 9 heteroatoms. The van der Waals surface area contributed by atoms with E-state index in [1.54, 1.807) is 26.4 Å². The van der Waals surface area contributed by atoms with E-state index >= 15 is 0 Å². The summed E-state index contributed by atoms with van der Waals surface area (Å²) >= 11 is 1.37. The zero-order valence-corrected chi connectivity index (χ0v) is 14.6. The van der Waals surface area contributed by atoms with E-state index < -0.39 is 0 Å². The molecule has 3 aromatic rings. The van der Waals surface area contributed by atoms with Gasteiger partial charge in [-0.1, -0.05) is 16.9 Å². The van der Waals surface area contributed by atoms with Crippen LogP contribution in [-0.4, -0.2) is 34.6 Å². The fourth-order valence-electron chi connectivity index (χ4n) is 2.30. The Bertz CT molecular complexity index is 875. The summed E-state index contributed by atoms with van der Waals surface area (Å²) in [7, 11) is 3.17. The predicted molar refractivity (Wildman–Crippen MR) is 88.7 cm³/mol. The fraction of sp³-hybridized carbons (Fsp3) is 0.375. The quantitative estimate of drug-likeness (QED) is 0.588. The van der Waals surface area contributed by atoms with Gasteiger partial charge >= 0.3 is 0 Å². The summed E-state index contributed by atoms with van der Waals surface area (Å²) in [5, 5.41) is 12.5. The average Bonchev–Trinajstić information content (AvgIpc) is 3.20. The minimum absolute atomic E-state index is 0.412. The van der Waals surface area contributed by atoms with Gasteiger partial charge in [0.1, 0.15) is 0 Å². The van der Waals surface area contributed by atoms with Gasteiger partial charge in [0.15, 0.2) is 17.3 Å². The molecule has 0 unspecified atom stereocenters. The summed E-state index contributed by atoms with van der Waals surface area (Å²) < 4.78 is 21.4. The summed E-state index contributed by atoms with van der Waals surface area (Å²) in [5.74, 6) is 3.99. The molecule has 0 N–H and O–H groups in total. The highest BCUT2D eigenvalue weighted by Gasteiger charge is 2.29. The van der Waals surface area contributed by atoms with E-state index in [4.69, 9.17) is 18.4 Å². The molecule has 0 bridgehead atoms. The molecule has 4 rings (SSSR count). The van der Waals surface area contributed by atoms with Gasteiger partial charge in [-0.05, 0) is 31.0 Å². The van der Waals surface area contributed by atoms with Crippen LogP contribution in [0.5, 0.6) is 11.5 Å². The highest BCUT2D eigenvalue weighted by atomic mass is 32.2. The fourth-order valence-corrected chi connectivity index (χ4v) is 2.91. The van der Waals surface area contributed by atoms with Crippen molar-refractivity contribution in [3.8, 4) is 23.0 Å². The molecule has 0 radical (unpaired) electrons. The number of nitrogens with zero attached hydrogens (tertiary/aromatic N) is 4. The molecule has 130 valence electrons. The maximum Gasteiger partial charge on any atom is 0.277 e. The third-order valence-electron chi connectivity index (χ3n) is 3.77. The highest BCUT2D eigenvalue weighted by Crippen LogP contribution is 2.39. The Morgan fingerprint density at radius 2 is 2.00 bits per heavy atom. The SMILES string of the molecule is COc1ccc(-c2nnc(SCc3noc(C4CC4)n3)o2)cc1OC. The molecule has 1 aromatic carbocycles. The second-order valence-corrected chi connectivity index (χ2v) is 6.48. The Hall–Kier alpha value is -2.55. The van der Waals surface area contributed by atoms with Crippen molar-refractivity contribution < 1.29 is 18.4 Å². The van der Waals surface area contributed by atoms with Crippen LogP contribution in [0.2, 0.25) is 0 Å². The number of benzene rings is 1. The number of hydrogen-bond donors (Lipinski definition) is 0. The molecule has 25 heavy (non-hydrogen) atoms. The van der Waals surface area contributed by atoms with E-state index in [1.165, 1.54) is 11.8 Å². The summed E-state index contributed by atoms with van der Waals surface area (Å²) in [6, 6.07) is 5.43. The van der Waals surface area contributed by atoms with Crippen molar-refractivity contribution in [1.29, 1.82) is 0 Å². The Kier molecular flexibility index (Phi) is 4.31. The van der Waals surface area contributed by atoms with Crippen LogP contribution >= 0.6 is 11.8 Å². The van der Waals surface area contributed by atoms with Crippen LogP contribution in [0.3, 0.4) is 0 Å². The van der Waals surface area contributed by atoms with Crippen LogP contribution in [0, 0.1) is 0 Å². The molecule has 2 heterocycles. The van der Waals surface area contributed by atoms with Crippen LogP contribution < -0.4 is 9.47 Å². The first-order valence-electron chi connectivity index (χ1n) is 7.78. The first kappa shape index (κ1) is 15.9. The molecule has 2 aromatic heterocycles. The monoisotopic (exact) mass is 360 g/mol. The molecule has 0 saturated heterocycles. The summed E-state index contributed by atoms with van der Waals surface area (Å²) in [5.41, 5.74) is 0.757. The van der Waals surface area contributed by atoms with E-state index in [0.29, 0.717) is 40.1 Å². The summed E-state index contributed by atoms with van der Waals surface area (Å²) in [4.78, 5) is 4.38. The molecular formula is C16H16N4O4S. The molecule has 0 amide bonds. The Labute approximate surface area is 147 Å². The molecule has 1 aliphatic carbocycles. The molecule has 0 spiro atoms. The maximum atomic E-state index is 5.69. The highest BCUT2D eigenvalue weighted by molar-refractivity contribution is 7.98. The smallest absolute Gasteiger partial charge is 0.277 e. The second-order valence-electron chi connectivity index (χ2n) is 5.55. The summed E-state index contributed by atoms with van der Waals surface area (Å²) in [6.45, 7) is 0. The molecular weight excluding hydrogens is 344 g/mol. The third kappa shape index (κ3) is 3.46. The van der Waals surface area contributed by atoms with Crippen LogP contribution in [0.15, 0.2) is 32.4 Å². The summed E-state index contributed by atoms with van der Waals surface area (Å²) in [6.07, 6.45) is 2.26. The number of ether oxygens (including phenoxy) is 2. The number of rotatable bonds is 7. The van der Waals surface area contributed by atoms with Crippen molar-refractivity contribution >= 4 is 11.8 Å². The number of thioether (sulfide) groups is 1. The van der Waals surface area contributed by atoms with Gasteiger partial charge in [0.05, 0.1) is 20.0 Å². The number of aromatic nitrogens is 4.